The Morgan fingerprint density at radius 2 is 1.79 bits per heavy atom. The van der Waals surface area contributed by atoms with Crippen LogP contribution < -0.4 is 0 Å². The smallest absolute Gasteiger partial charge is 0.146 e. The van der Waals surface area contributed by atoms with Crippen molar-refractivity contribution in [3.63, 3.8) is 0 Å². The van der Waals surface area contributed by atoms with Gasteiger partial charge < -0.3 is 0 Å². The molecule has 1 unspecified atom stereocenters. The van der Waals surface area contributed by atoms with E-state index in [2.05, 4.69) is 23.7 Å². The Morgan fingerprint density at radius 1 is 1.08 bits per heavy atom. The maximum atomic E-state index is 14.4. The van der Waals surface area contributed by atoms with Crippen LogP contribution in [0.1, 0.15) is 44.0 Å². The summed E-state index contributed by atoms with van der Waals surface area (Å²) >= 11 is 0. The lowest BCUT2D eigenvalue weighted by atomic mass is 9.90. The second-order valence-corrected chi connectivity index (χ2v) is 6.55. The molecule has 5 heteroatoms. The number of piperidine rings is 1. The first-order valence-corrected chi connectivity index (χ1v) is 8.18. The summed E-state index contributed by atoms with van der Waals surface area (Å²) in [6, 6.07) is 9.43. The highest BCUT2D eigenvalue weighted by Crippen LogP contribution is 2.35. The van der Waals surface area contributed by atoms with E-state index in [1.54, 1.807) is 24.4 Å². The fraction of sp³-hybridized carbons (Fsp3) is 0.421. The summed E-state index contributed by atoms with van der Waals surface area (Å²) in [5.74, 6) is -0.0396. The van der Waals surface area contributed by atoms with E-state index in [4.69, 9.17) is 0 Å². The molecule has 3 rings (SSSR count). The second kappa shape index (κ2) is 8.04. The molecule has 130 valence electrons. The lowest BCUT2D eigenvalue weighted by Gasteiger charge is -2.42. The molecule has 1 aliphatic rings. The Bertz CT molecular complexity index is 663. The zero-order chi connectivity index (χ0) is 16.4. The molecule has 0 radical (unpaired) electrons. The van der Waals surface area contributed by atoms with Gasteiger partial charge in [-0.15, -0.1) is 12.4 Å². The summed E-state index contributed by atoms with van der Waals surface area (Å²) < 4.78 is 27.7. The van der Waals surface area contributed by atoms with Gasteiger partial charge in [-0.1, -0.05) is 19.1 Å². The summed E-state index contributed by atoms with van der Waals surface area (Å²) in [4.78, 5) is 6.60. The monoisotopic (exact) mass is 352 g/mol. The Morgan fingerprint density at radius 3 is 2.46 bits per heavy atom. The van der Waals surface area contributed by atoms with Crippen LogP contribution in [-0.2, 0) is 0 Å². The lowest BCUT2D eigenvalue weighted by Crippen LogP contribution is -2.44. The molecule has 2 heterocycles. The third-order valence-corrected chi connectivity index (χ3v) is 4.73. The van der Waals surface area contributed by atoms with E-state index in [0.29, 0.717) is 17.7 Å². The Labute approximate surface area is 148 Å². The Kier molecular flexibility index (Phi) is 6.30. The molecule has 2 aromatic rings. The quantitative estimate of drug-likeness (QED) is 0.773. The van der Waals surface area contributed by atoms with E-state index in [-0.39, 0.29) is 30.1 Å². The molecule has 0 saturated carbocycles. The van der Waals surface area contributed by atoms with Crippen molar-refractivity contribution in [2.75, 3.05) is 6.54 Å². The molecule has 2 nitrogen and oxygen atoms in total. The van der Waals surface area contributed by atoms with Gasteiger partial charge in [0.2, 0.25) is 0 Å². The molecule has 0 bridgehead atoms. The fourth-order valence-corrected chi connectivity index (χ4v) is 3.43. The van der Waals surface area contributed by atoms with Crippen molar-refractivity contribution in [2.24, 2.45) is 5.92 Å². The van der Waals surface area contributed by atoms with Crippen LogP contribution in [0.5, 0.6) is 0 Å². The molecule has 1 saturated heterocycles. The number of pyridine rings is 1. The SMILES string of the molecule is C[C@@H]1CC[C@@H](C)N(C(c2ccc(F)cc2)c2ncccc2F)C1.Cl. The average Bonchev–Trinajstić information content (AvgIpc) is 2.54. The van der Waals surface area contributed by atoms with Gasteiger partial charge in [0.1, 0.15) is 11.6 Å². The number of benzene rings is 1. The molecule has 1 fully saturated rings. The van der Waals surface area contributed by atoms with Crippen molar-refractivity contribution < 1.29 is 8.78 Å². The van der Waals surface area contributed by atoms with Crippen LogP contribution in [0.15, 0.2) is 42.6 Å². The molecule has 0 amide bonds. The Balaban J connectivity index is 0.00000208. The van der Waals surface area contributed by atoms with Gasteiger partial charge >= 0.3 is 0 Å². The van der Waals surface area contributed by atoms with Gasteiger partial charge in [0.25, 0.3) is 0 Å². The largest absolute Gasteiger partial charge is 0.288 e. The second-order valence-electron chi connectivity index (χ2n) is 6.55. The van der Waals surface area contributed by atoms with E-state index in [1.807, 2.05) is 0 Å². The first kappa shape index (κ1) is 18.8. The molecule has 0 spiro atoms. The van der Waals surface area contributed by atoms with E-state index in [9.17, 15) is 8.78 Å². The number of nitrogens with zero attached hydrogens (tertiary/aromatic N) is 2. The minimum absolute atomic E-state index is 0. The summed E-state index contributed by atoms with van der Waals surface area (Å²) in [6.07, 6.45) is 3.87. The van der Waals surface area contributed by atoms with E-state index >= 15 is 0 Å². The third-order valence-electron chi connectivity index (χ3n) is 4.73. The predicted octanol–water partition coefficient (Wildman–Crippen LogP) is 4.99. The fourth-order valence-electron chi connectivity index (χ4n) is 3.43. The van der Waals surface area contributed by atoms with Gasteiger partial charge in [-0.25, -0.2) is 8.78 Å². The summed E-state index contributed by atoms with van der Waals surface area (Å²) in [7, 11) is 0. The number of halogens is 3. The summed E-state index contributed by atoms with van der Waals surface area (Å²) in [6.45, 7) is 5.28. The molecule has 1 aliphatic heterocycles. The van der Waals surface area contributed by atoms with Crippen molar-refractivity contribution in [3.8, 4) is 0 Å². The van der Waals surface area contributed by atoms with Crippen molar-refractivity contribution in [1.82, 2.24) is 9.88 Å². The first-order chi connectivity index (χ1) is 11.1. The molecule has 3 atom stereocenters. The van der Waals surface area contributed by atoms with Crippen LogP contribution in [0.2, 0.25) is 0 Å². The summed E-state index contributed by atoms with van der Waals surface area (Å²) in [5.41, 5.74) is 1.30. The molecule has 1 aromatic carbocycles. The summed E-state index contributed by atoms with van der Waals surface area (Å²) in [5, 5.41) is 0. The topological polar surface area (TPSA) is 16.1 Å². The van der Waals surface area contributed by atoms with Crippen molar-refractivity contribution >= 4 is 12.4 Å². The normalized spacial score (nSPS) is 22.7. The van der Waals surface area contributed by atoms with Crippen molar-refractivity contribution in [3.05, 3.63) is 65.5 Å². The molecule has 1 aromatic heterocycles. The van der Waals surface area contributed by atoms with Crippen LogP contribution in [0.4, 0.5) is 8.78 Å². The first-order valence-electron chi connectivity index (χ1n) is 8.18. The minimum atomic E-state index is -0.313. The maximum absolute atomic E-state index is 14.4. The zero-order valence-corrected chi connectivity index (χ0v) is 14.8. The van der Waals surface area contributed by atoms with Gasteiger partial charge in [0, 0.05) is 18.8 Å². The highest BCUT2D eigenvalue weighted by molar-refractivity contribution is 5.85. The predicted molar refractivity (Wildman–Crippen MR) is 94.3 cm³/mol. The van der Waals surface area contributed by atoms with E-state index in [0.717, 1.165) is 18.5 Å². The number of likely N-dealkylation sites (tertiary alicyclic amines) is 1. The standard InChI is InChI=1S/C19H22F2N2.ClH/c1-13-5-6-14(2)23(12-13)19(15-7-9-16(20)10-8-15)18-17(21)4-3-11-22-18;/h3-4,7-11,13-14,19H,5-6,12H2,1-2H3;1H/t13-,14-,19?;/m1./s1. The van der Waals surface area contributed by atoms with Gasteiger partial charge in [0.15, 0.2) is 0 Å². The lowest BCUT2D eigenvalue weighted by molar-refractivity contribution is 0.0899. The van der Waals surface area contributed by atoms with Crippen LogP contribution in [0, 0.1) is 17.6 Å². The molecule has 24 heavy (non-hydrogen) atoms. The van der Waals surface area contributed by atoms with Crippen molar-refractivity contribution in [1.29, 1.82) is 0 Å². The third kappa shape index (κ3) is 3.93. The van der Waals surface area contributed by atoms with Crippen LogP contribution in [-0.4, -0.2) is 22.5 Å². The molecule has 0 aliphatic carbocycles. The number of hydrogen-bond acceptors (Lipinski definition) is 2. The van der Waals surface area contributed by atoms with Gasteiger partial charge in [0.05, 0.1) is 11.7 Å². The number of aromatic nitrogens is 1. The molecular weight excluding hydrogens is 330 g/mol. The van der Waals surface area contributed by atoms with E-state index in [1.165, 1.54) is 24.6 Å². The number of rotatable bonds is 3. The van der Waals surface area contributed by atoms with Crippen LogP contribution >= 0.6 is 12.4 Å². The minimum Gasteiger partial charge on any atom is -0.288 e. The number of hydrogen-bond donors (Lipinski definition) is 0. The van der Waals surface area contributed by atoms with Gasteiger partial charge in [-0.3, -0.25) is 9.88 Å². The highest BCUT2D eigenvalue weighted by atomic mass is 35.5. The molecular formula is C19H23ClF2N2. The highest BCUT2D eigenvalue weighted by Gasteiger charge is 2.33. The average molecular weight is 353 g/mol. The Hall–Kier alpha value is -1.52. The van der Waals surface area contributed by atoms with Crippen LogP contribution in [0.25, 0.3) is 0 Å². The van der Waals surface area contributed by atoms with E-state index < -0.39 is 0 Å². The molecule has 0 N–H and O–H groups in total. The van der Waals surface area contributed by atoms with Crippen molar-refractivity contribution in [2.45, 2.75) is 38.8 Å². The van der Waals surface area contributed by atoms with Gasteiger partial charge in [-0.05, 0) is 55.5 Å². The maximum Gasteiger partial charge on any atom is 0.146 e. The zero-order valence-electron chi connectivity index (χ0n) is 14.0. The van der Waals surface area contributed by atoms with Gasteiger partial charge in [-0.2, -0.15) is 0 Å². The van der Waals surface area contributed by atoms with Crippen LogP contribution in [0.3, 0.4) is 0 Å².